The van der Waals surface area contributed by atoms with Crippen LogP contribution in [-0.4, -0.2) is 4.98 Å². The number of halogens is 1. The Morgan fingerprint density at radius 2 is 2.25 bits per heavy atom. The van der Waals surface area contributed by atoms with Crippen LogP contribution in [0.2, 0.25) is 0 Å². The van der Waals surface area contributed by atoms with E-state index < -0.39 is 0 Å². The van der Waals surface area contributed by atoms with E-state index in [-0.39, 0.29) is 0 Å². The topological polar surface area (TPSA) is 12.9 Å². The third-order valence-electron chi connectivity index (χ3n) is 2.43. The molecule has 0 aliphatic heterocycles. The molecule has 3 heteroatoms. The molecule has 0 N–H and O–H groups in total. The van der Waals surface area contributed by atoms with Gasteiger partial charge in [-0.25, -0.2) is 4.98 Å². The molecule has 0 atom stereocenters. The second-order valence-corrected chi connectivity index (χ2v) is 6.54. The lowest BCUT2D eigenvalue weighted by Gasteiger charge is -2.28. The molecule has 1 aromatic rings. The van der Waals surface area contributed by atoms with Crippen molar-refractivity contribution >= 4 is 27.3 Å². The number of nitrogens with zero attached hydrogens (tertiary/aromatic N) is 1. The van der Waals surface area contributed by atoms with Gasteiger partial charge in [-0.2, -0.15) is 0 Å². The van der Waals surface area contributed by atoms with Crippen molar-refractivity contribution in [1.82, 2.24) is 4.98 Å². The van der Waals surface area contributed by atoms with E-state index >= 15 is 0 Å². The first-order valence-electron chi connectivity index (χ1n) is 4.21. The van der Waals surface area contributed by atoms with Crippen LogP contribution in [0.3, 0.4) is 0 Å². The van der Waals surface area contributed by atoms with Gasteiger partial charge in [-0.3, -0.25) is 0 Å². The van der Waals surface area contributed by atoms with E-state index in [4.69, 9.17) is 0 Å². The van der Waals surface area contributed by atoms with E-state index in [1.807, 2.05) is 0 Å². The molecule has 1 aliphatic carbocycles. The molecule has 1 nitrogen and oxygen atoms in total. The van der Waals surface area contributed by atoms with Crippen molar-refractivity contribution < 1.29 is 0 Å². The third kappa shape index (κ3) is 1.57. The predicted molar refractivity (Wildman–Crippen MR) is 55.6 cm³/mol. The number of thiazole rings is 1. The zero-order valence-electron chi connectivity index (χ0n) is 7.35. The van der Waals surface area contributed by atoms with E-state index in [1.165, 1.54) is 23.4 Å². The molecule has 0 bridgehead atoms. The molecule has 0 aromatic carbocycles. The summed E-state index contributed by atoms with van der Waals surface area (Å²) >= 11 is 5.24. The van der Waals surface area contributed by atoms with Gasteiger partial charge in [0.2, 0.25) is 0 Å². The first-order valence-corrected chi connectivity index (χ1v) is 5.82. The number of hydrogen-bond acceptors (Lipinski definition) is 2. The Hall–Kier alpha value is 0.110. The lowest BCUT2D eigenvalue weighted by Crippen LogP contribution is -2.20. The van der Waals surface area contributed by atoms with Crippen molar-refractivity contribution in [1.29, 1.82) is 0 Å². The Balaban J connectivity index is 2.34. The molecule has 2 rings (SSSR count). The zero-order chi connectivity index (χ0) is 8.77. The van der Waals surface area contributed by atoms with E-state index in [0.29, 0.717) is 5.41 Å². The van der Waals surface area contributed by atoms with E-state index in [9.17, 15) is 0 Å². The van der Waals surface area contributed by atoms with Crippen LogP contribution in [-0.2, 0) is 12.8 Å². The fourth-order valence-electron chi connectivity index (χ4n) is 1.67. The number of fused-ring (bicyclic) bond motifs is 1. The Bertz CT molecular complexity index is 303. The van der Waals surface area contributed by atoms with E-state index in [0.717, 1.165) is 10.3 Å². The quantitative estimate of drug-likeness (QED) is 0.683. The van der Waals surface area contributed by atoms with Crippen molar-refractivity contribution in [3.63, 3.8) is 0 Å². The molecule has 0 spiro atoms. The number of aromatic nitrogens is 1. The second kappa shape index (κ2) is 2.81. The molecule has 0 saturated heterocycles. The Morgan fingerprint density at radius 1 is 1.50 bits per heavy atom. The van der Waals surface area contributed by atoms with Crippen molar-refractivity contribution in [2.75, 3.05) is 0 Å². The minimum Gasteiger partial charge on any atom is -0.234 e. The molecule has 0 amide bonds. The van der Waals surface area contributed by atoms with Crippen molar-refractivity contribution in [2.24, 2.45) is 5.41 Å². The maximum atomic E-state index is 4.45. The summed E-state index contributed by atoms with van der Waals surface area (Å²) in [6, 6.07) is 0. The summed E-state index contributed by atoms with van der Waals surface area (Å²) in [5.41, 5.74) is 1.81. The highest BCUT2D eigenvalue weighted by Gasteiger charge is 2.27. The average Bonchev–Trinajstić information content (AvgIpc) is 2.26. The van der Waals surface area contributed by atoms with Crippen LogP contribution in [0.1, 0.15) is 30.8 Å². The van der Waals surface area contributed by atoms with Crippen LogP contribution in [0.5, 0.6) is 0 Å². The SMILES string of the molecule is CC1(C)CCc2nc(Br)sc2C1. The van der Waals surface area contributed by atoms with E-state index in [1.54, 1.807) is 11.3 Å². The van der Waals surface area contributed by atoms with E-state index in [2.05, 4.69) is 34.8 Å². The molecule has 0 saturated carbocycles. The average molecular weight is 246 g/mol. The van der Waals surface area contributed by atoms with Gasteiger partial charge in [-0.05, 0) is 40.6 Å². The van der Waals surface area contributed by atoms with Gasteiger partial charge in [-0.15, -0.1) is 11.3 Å². The molecular weight excluding hydrogens is 234 g/mol. The fraction of sp³-hybridized carbons (Fsp3) is 0.667. The summed E-state index contributed by atoms with van der Waals surface area (Å²) in [5.74, 6) is 0. The number of rotatable bonds is 0. The molecule has 12 heavy (non-hydrogen) atoms. The van der Waals surface area contributed by atoms with Crippen molar-refractivity contribution in [3.05, 3.63) is 14.5 Å². The van der Waals surface area contributed by atoms with Gasteiger partial charge in [0.15, 0.2) is 3.92 Å². The Labute approximate surface area is 85.3 Å². The van der Waals surface area contributed by atoms with Gasteiger partial charge >= 0.3 is 0 Å². The smallest absolute Gasteiger partial charge is 0.159 e. The molecule has 0 radical (unpaired) electrons. The van der Waals surface area contributed by atoms with Crippen LogP contribution in [0.4, 0.5) is 0 Å². The van der Waals surface area contributed by atoms with Crippen LogP contribution in [0.25, 0.3) is 0 Å². The minimum atomic E-state index is 0.485. The van der Waals surface area contributed by atoms with Gasteiger partial charge in [-0.1, -0.05) is 13.8 Å². The highest BCUT2D eigenvalue weighted by Crippen LogP contribution is 2.38. The van der Waals surface area contributed by atoms with Crippen LogP contribution >= 0.6 is 27.3 Å². The summed E-state index contributed by atoms with van der Waals surface area (Å²) in [5, 5.41) is 0. The van der Waals surface area contributed by atoms with Crippen molar-refractivity contribution in [2.45, 2.75) is 33.1 Å². The monoisotopic (exact) mass is 245 g/mol. The molecule has 1 heterocycles. The maximum Gasteiger partial charge on any atom is 0.159 e. The molecule has 1 aromatic heterocycles. The first kappa shape index (κ1) is 8.70. The predicted octanol–water partition coefficient (Wildman–Crippen LogP) is 3.42. The summed E-state index contributed by atoms with van der Waals surface area (Å²) in [7, 11) is 0. The lowest BCUT2D eigenvalue weighted by atomic mass is 9.79. The normalized spacial score (nSPS) is 20.6. The number of hydrogen-bond donors (Lipinski definition) is 0. The van der Waals surface area contributed by atoms with Crippen LogP contribution in [0.15, 0.2) is 3.92 Å². The Kier molecular flexibility index (Phi) is 2.04. The highest BCUT2D eigenvalue weighted by molar-refractivity contribution is 9.11. The number of aryl methyl sites for hydroxylation is 1. The standard InChI is InChI=1S/C9H12BrNS/c1-9(2)4-3-6-7(5-9)12-8(10)11-6/h3-5H2,1-2H3. The lowest BCUT2D eigenvalue weighted by molar-refractivity contribution is 0.316. The summed E-state index contributed by atoms with van der Waals surface area (Å²) in [6.45, 7) is 4.67. The minimum absolute atomic E-state index is 0.485. The summed E-state index contributed by atoms with van der Waals surface area (Å²) in [6.07, 6.45) is 3.63. The summed E-state index contributed by atoms with van der Waals surface area (Å²) in [4.78, 5) is 5.94. The maximum absolute atomic E-state index is 4.45. The molecule has 0 unspecified atom stereocenters. The van der Waals surface area contributed by atoms with Gasteiger partial charge in [0.25, 0.3) is 0 Å². The molecular formula is C9H12BrNS. The zero-order valence-corrected chi connectivity index (χ0v) is 9.76. The fourth-order valence-corrected chi connectivity index (χ4v) is 3.55. The largest absolute Gasteiger partial charge is 0.234 e. The van der Waals surface area contributed by atoms with Gasteiger partial charge in [0.1, 0.15) is 0 Å². The van der Waals surface area contributed by atoms with Crippen LogP contribution in [0, 0.1) is 5.41 Å². The van der Waals surface area contributed by atoms with Gasteiger partial charge in [0.05, 0.1) is 5.69 Å². The van der Waals surface area contributed by atoms with Gasteiger partial charge < -0.3 is 0 Å². The molecule has 1 aliphatic rings. The van der Waals surface area contributed by atoms with Gasteiger partial charge in [0, 0.05) is 4.88 Å². The van der Waals surface area contributed by atoms with Crippen molar-refractivity contribution in [3.8, 4) is 0 Å². The highest BCUT2D eigenvalue weighted by atomic mass is 79.9. The molecule has 0 fully saturated rings. The third-order valence-corrected chi connectivity index (χ3v) is 3.98. The molecule has 66 valence electrons. The second-order valence-electron chi connectivity index (χ2n) is 4.18. The summed E-state index contributed by atoms with van der Waals surface area (Å²) < 4.78 is 1.05. The van der Waals surface area contributed by atoms with Crippen LogP contribution < -0.4 is 0 Å². The first-order chi connectivity index (χ1) is 5.57. The Morgan fingerprint density at radius 3 is 3.00 bits per heavy atom.